The minimum atomic E-state index is -4.70. The van der Waals surface area contributed by atoms with Crippen molar-refractivity contribution in [3.8, 4) is 11.5 Å². The van der Waals surface area contributed by atoms with Crippen molar-refractivity contribution in [2.45, 2.75) is 24.2 Å². The van der Waals surface area contributed by atoms with E-state index in [4.69, 9.17) is 13.3 Å². The summed E-state index contributed by atoms with van der Waals surface area (Å²) in [6.07, 6.45) is -3.19. The van der Waals surface area contributed by atoms with Crippen molar-refractivity contribution in [1.82, 2.24) is 4.90 Å². The Labute approximate surface area is 217 Å². The lowest BCUT2D eigenvalue weighted by molar-refractivity contribution is -0.137. The molecule has 0 fully saturated rings. The second-order valence-electron chi connectivity index (χ2n) is 8.18. The molecule has 0 saturated heterocycles. The van der Waals surface area contributed by atoms with Gasteiger partial charge in [0.15, 0.2) is 0 Å². The maximum absolute atomic E-state index is 13.2. The van der Waals surface area contributed by atoms with Gasteiger partial charge in [-0.15, -0.1) is 0 Å². The number of hydrogen-bond acceptors (Lipinski definition) is 6. The predicted octanol–water partition coefficient (Wildman–Crippen LogP) is 5.92. The standard InChI is InChI=1S/C27H22F3NO6S/c1-35-22-13-9-20(10-14-22)26(32)31(18-24-5-3-15-36-24)17-19-7-11-23(12-8-19)37-38(33,34)25-6-2-4-21(16-25)27(28,29)30/h2-16H,17-18H2,1H3. The van der Waals surface area contributed by atoms with Crippen LogP contribution in [0.3, 0.4) is 0 Å². The third-order valence-electron chi connectivity index (χ3n) is 5.50. The van der Waals surface area contributed by atoms with E-state index in [-0.39, 0.29) is 24.7 Å². The van der Waals surface area contributed by atoms with E-state index in [0.717, 1.165) is 18.2 Å². The maximum atomic E-state index is 13.2. The first-order valence-electron chi connectivity index (χ1n) is 11.2. The average molecular weight is 546 g/mol. The fraction of sp³-hybridized carbons (Fsp3) is 0.148. The van der Waals surface area contributed by atoms with Gasteiger partial charge < -0.3 is 18.2 Å². The van der Waals surface area contributed by atoms with Crippen molar-refractivity contribution >= 4 is 16.0 Å². The van der Waals surface area contributed by atoms with Gasteiger partial charge >= 0.3 is 16.3 Å². The number of benzene rings is 3. The lowest BCUT2D eigenvalue weighted by atomic mass is 10.1. The largest absolute Gasteiger partial charge is 0.497 e. The van der Waals surface area contributed by atoms with Gasteiger partial charge in [-0.05, 0) is 72.3 Å². The molecule has 0 spiro atoms. The number of halogens is 3. The molecule has 0 radical (unpaired) electrons. The molecule has 0 N–H and O–H groups in total. The minimum absolute atomic E-state index is 0.0924. The SMILES string of the molecule is COc1ccc(C(=O)N(Cc2ccc(OS(=O)(=O)c3cccc(C(F)(F)F)c3)cc2)Cc2ccco2)cc1. The second kappa shape index (κ2) is 11.0. The van der Waals surface area contributed by atoms with Crippen molar-refractivity contribution in [3.05, 3.63) is 114 Å². The molecule has 0 saturated carbocycles. The summed E-state index contributed by atoms with van der Waals surface area (Å²) in [4.78, 5) is 14.2. The van der Waals surface area contributed by atoms with Crippen LogP contribution in [-0.2, 0) is 29.4 Å². The van der Waals surface area contributed by atoms with Crippen LogP contribution in [0.25, 0.3) is 0 Å². The third-order valence-corrected chi connectivity index (χ3v) is 6.75. The Hall–Kier alpha value is -4.25. The average Bonchev–Trinajstić information content (AvgIpc) is 3.42. The first-order chi connectivity index (χ1) is 18.0. The number of furan rings is 1. The highest BCUT2D eigenvalue weighted by Gasteiger charge is 2.32. The molecule has 7 nitrogen and oxygen atoms in total. The van der Waals surface area contributed by atoms with Crippen LogP contribution in [0.15, 0.2) is 101 Å². The van der Waals surface area contributed by atoms with Gasteiger partial charge in [-0.1, -0.05) is 18.2 Å². The summed E-state index contributed by atoms with van der Waals surface area (Å²) in [6, 6.07) is 19.3. The molecule has 1 heterocycles. The van der Waals surface area contributed by atoms with Gasteiger partial charge in [0.05, 0.1) is 25.5 Å². The van der Waals surface area contributed by atoms with E-state index in [1.165, 1.54) is 25.5 Å². The van der Waals surface area contributed by atoms with Crippen LogP contribution in [0.5, 0.6) is 11.5 Å². The Morgan fingerprint density at radius 3 is 2.18 bits per heavy atom. The molecule has 0 bridgehead atoms. The smallest absolute Gasteiger partial charge is 0.416 e. The monoisotopic (exact) mass is 545 g/mol. The molecule has 11 heteroatoms. The van der Waals surface area contributed by atoms with Crippen LogP contribution in [0, 0.1) is 0 Å². The number of ether oxygens (including phenoxy) is 1. The highest BCUT2D eigenvalue weighted by molar-refractivity contribution is 7.87. The zero-order valence-corrected chi connectivity index (χ0v) is 20.8. The second-order valence-corrected chi connectivity index (χ2v) is 9.72. The number of methoxy groups -OCH3 is 1. The first-order valence-corrected chi connectivity index (χ1v) is 12.6. The van der Waals surface area contributed by atoms with E-state index in [1.54, 1.807) is 53.4 Å². The van der Waals surface area contributed by atoms with Crippen molar-refractivity contribution < 1.29 is 39.7 Å². The fourth-order valence-electron chi connectivity index (χ4n) is 3.58. The Bertz CT molecular complexity index is 1480. The topological polar surface area (TPSA) is 86.0 Å². The lowest BCUT2D eigenvalue weighted by Crippen LogP contribution is -2.30. The van der Waals surface area contributed by atoms with Gasteiger partial charge in [0.25, 0.3) is 5.91 Å². The van der Waals surface area contributed by atoms with Crippen LogP contribution in [0.1, 0.15) is 27.2 Å². The van der Waals surface area contributed by atoms with E-state index >= 15 is 0 Å². The van der Waals surface area contributed by atoms with E-state index in [9.17, 15) is 26.4 Å². The van der Waals surface area contributed by atoms with E-state index in [0.29, 0.717) is 28.7 Å². The van der Waals surface area contributed by atoms with Gasteiger partial charge in [-0.25, -0.2) is 0 Å². The summed E-state index contributed by atoms with van der Waals surface area (Å²) >= 11 is 0. The molecule has 0 aliphatic rings. The van der Waals surface area contributed by atoms with Crippen molar-refractivity contribution in [2.24, 2.45) is 0 Å². The number of rotatable bonds is 9. The number of amides is 1. The molecule has 0 atom stereocenters. The summed E-state index contributed by atoms with van der Waals surface area (Å²) in [5, 5.41) is 0. The van der Waals surface area contributed by atoms with Crippen molar-refractivity contribution in [1.29, 1.82) is 0 Å². The Morgan fingerprint density at radius 1 is 0.895 bits per heavy atom. The van der Waals surface area contributed by atoms with Gasteiger partial charge in [0.1, 0.15) is 22.2 Å². The van der Waals surface area contributed by atoms with Gasteiger partial charge in [-0.3, -0.25) is 4.79 Å². The van der Waals surface area contributed by atoms with Crippen molar-refractivity contribution in [3.63, 3.8) is 0 Å². The molecule has 0 aliphatic carbocycles. The molecule has 0 unspecified atom stereocenters. The third kappa shape index (κ3) is 6.54. The Kier molecular flexibility index (Phi) is 7.77. The van der Waals surface area contributed by atoms with Crippen molar-refractivity contribution in [2.75, 3.05) is 7.11 Å². The maximum Gasteiger partial charge on any atom is 0.416 e. The minimum Gasteiger partial charge on any atom is -0.497 e. The van der Waals surface area contributed by atoms with Crippen LogP contribution in [0.4, 0.5) is 13.2 Å². The molecule has 4 aromatic rings. The molecule has 0 aliphatic heterocycles. The number of carbonyl (C=O) groups is 1. The summed E-state index contributed by atoms with van der Waals surface area (Å²) in [6.45, 7) is 0.340. The molecular formula is C27H22F3NO6S. The Balaban J connectivity index is 1.51. The van der Waals surface area contributed by atoms with Crippen LogP contribution in [-0.4, -0.2) is 26.3 Å². The van der Waals surface area contributed by atoms with Gasteiger partial charge in [0.2, 0.25) is 0 Å². The predicted molar refractivity (Wildman–Crippen MR) is 131 cm³/mol. The fourth-order valence-corrected chi connectivity index (χ4v) is 4.56. The number of carbonyl (C=O) groups excluding carboxylic acids is 1. The lowest BCUT2D eigenvalue weighted by Gasteiger charge is -2.22. The van der Waals surface area contributed by atoms with Crippen LogP contribution < -0.4 is 8.92 Å². The van der Waals surface area contributed by atoms with E-state index in [1.807, 2.05) is 0 Å². The molecule has 3 aromatic carbocycles. The van der Waals surface area contributed by atoms with E-state index in [2.05, 4.69) is 0 Å². The summed E-state index contributed by atoms with van der Waals surface area (Å²) in [7, 11) is -2.98. The van der Waals surface area contributed by atoms with Crippen LogP contribution in [0.2, 0.25) is 0 Å². The highest BCUT2D eigenvalue weighted by Crippen LogP contribution is 2.31. The van der Waals surface area contributed by atoms with Gasteiger partial charge in [-0.2, -0.15) is 21.6 Å². The zero-order chi connectivity index (χ0) is 27.3. The first kappa shape index (κ1) is 26.8. The quantitative estimate of drug-likeness (QED) is 0.243. The van der Waals surface area contributed by atoms with E-state index < -0.39 is 26.8 Å². The molecule has 198 valence electrons. The summed E-state index contributed by atoms with van der Waals surface area (Å²) in [5.41, 5.74) is -0.0116. The highest BCUT2D eigenvalue weighted by atomic mass is 32.2. The normalized spacial score (nSPS) is 11.7. The molecule has 1 amide bonds. The molecule has 4 rings (SSSR count). The number of alkyl halides is 3. The molecular weight excluding hydrogens is 523 g/mol. The number of nitrogens with zero attached hydrogens (tertiary/aromatic N) is 1. The summed E-state index contributed by atoms with van der Waals surface area (Å²) < 4.78 is 79.6. The number of hydrogen-bond donors (Lipinski definition) is 0. The zero-order valence-electron chi connectivity index (χ0n) is 20.0. The Morgan fingerprint density at radius 2 is 1.58 bits per heavy atom. The molecule has 38 heavy (non-hydrogen) atoms. The summed E-state index contributed by atoms with van der Waals surface area (Å²) in [5.74, 6) is 0.815. The van der Waals surface area contributed by atoms with Gasteiger partial charge in [0, 0.05) is 12.1 Å². The van der Waals surface area contributed by atoms with Crippen LogP contribution >= 0.6 is 0 Å². The molecule has 1 aromatic heterocycles.